The van der Waals surface area contributed by atoms with Gasteiger partial charge in [-0.1, -0.05) is 6.92 Å². The minimum atomic E-state index is -1.14. The first-order chi connectivity index (χ1) is 4.66. The molecule has 1 fully saturated rings. The summed E-state index contributed by atoms with van der Waals surface area (Å²) in [6, 6.07) is 0. The molecule has 1 heterocycles. The van der Waals surface area contributed by atoms with Crippen LogP contribution in [0.4, 0.5) is 4.39 Å². The Kier molecular flexibility index (Phi) is 2.26. The normalized spacial score (nSPS) is 48.0. The molecule has 1 N–H and O–H groups in total. The smallest absolute Gasteiger partial charge is 0.132 e. The number of rotatable bonds is 1. The van der Waals surface area contributed by atoms with Gasteiger partial charge in [0.15, 0.2) is 0 Å². The van der Waals surface area contributed by atoms with Crippen LogP contribution in [0.25, 0.3) is 0 Å². The van der Waals surface area contributed by atoms with Gasteiger partial charge in [0.1, 0.15) is 6.17 Å². The highest BCUT2D eigenvalue weighted by Crippen LogP contribution is 2.28. The van der Waals surface area contributed by atoms with Crippen molar-refractivity contribution in [3.8, 4) is 0 Å². The number of aliphatic hydroxyl groups is 1. The lowest BCUT2D eigenvalue weighted by molar-refractivity contribution is 0.0149. The first-order valence-electron chi connectivity index (χ1n) is 3.32. The average Bonchev–Trinajstić information content (AvgIpc) is 2.17. The Labute approximate surface area is 60.0 Å². The van der Waals surface area contributed by atoms with Crippen LogP contribution in [0.3, 0.4) is 0 Å². The Hall–Kier alpha value is -0.150. The van der Waals surface area contributed by atoms with Crippen molar-refractivity contribution in [1.82, 2.24) is 0 Å². The minimum Gasteiger partial charge on any atom is -0.394 e. The number of halogens is 1. The van der Waals surface area contributed by atoms with Crippen molar-refractivity contribution >= 4 is 0 Å². The molecule has 3 heteroatoms. The van der Waals surface area contributed by atoms with Crippen LogP contribution < -0.4 is 0 Å². The van der Waals surface area contributed by atoms with Gasteiger partial charge in [-0.05, 0) is 6.92 Å². The van der Waals surface area contributed by atoms with Gasteiger partial charge in [-0.3, -0.25) is 0 Å². The van der Waals surface area contributed by atoms with Gasteiger partial charge in [-0.25, -0.2) is 4.39 Å². The van der Waals surface area contributed by atoms with Crippen molar-refractivity contribution < 1.29 is 14.2 Å². The van der Waals surface area contributed by atoms with Crippen LogP contribution in [0.1, 0.15) is 6.92 Å². The SMILES string of the molecule is [CH]C1O[C@H](CO)[C@H](C)C1F. The molecule has 0 aromatic heterocycles. The van der Waals surface area contributed by atoms with E-state index >= 15 is 0 Å². The Morgan fingerprint density at radius 3 is 2.50 bits per heavy atom. The molecule has 0 bridgehead atoms. The van der Waals surface area contributed by atoms with Gasteiger partial charge in [0.25, 0.3) is 0 Å². The summed E-state index contributed by atoms with van der Waals surface area (Å²) in [6.07, 6.45) is -2.42. The first-order valence-corrected chi connectivity index (χ1v) is 3.32. The molecule has 0 aromatic rings. The Balaban J connectivity index is 2.53. The van der Waals surface area contributed by atoms with Crippen molar-refractivity contribution in [3.63, 3.8) is 0 Å². The molecule has 0 aromatic carbocycles. The molecule has 1 rings (SSSR count). The van der Waals surface area contributed by atoms with Gasteiger partial charge < -0.3 is 9.84 Å². The van der Waals surface area contributed by atoms with Gasteiger partial charge in [0, 0.05) is 5.92 Å². The highest BCUT2D eigenvalue weighted by Gasteiger charge is 2.39. The minimum absolute atomic E-state index is 0.157. The standard InChI is InChI=1S/C7H11FO2/c1-4-6(3-9)10-5(2)7(4)8/h2,4-7,9H,3H2,1H3/t4-,5?,6+,7?/m0/s1. The van der Waals surface area contributed by atoms with Crippen molar-refractivity contribution in [2.45, 2.75) is 25.3 Å². The number of hydrogen-bond acceptors (Lipinski definition) is 2. The van der Waals surface area contributed by atoms with Crippen molar-refractivity contribution in [1.29, 1.82) is 0 Å². The number of aliphatic hydroxyl groups excluding tert-OH is 1. The largest absolute Gasteiger partial charge is 0.394 e. The summed E-state index contributed by atoms with van der Waals surface area (Å²) in [7, 11) is 0. The quantitative estimate of drug-likeness (QED) is 0.581. The fraction of sp³-hybridized carbons (Fsp3) is 0.857. The molecule has 2 unspecified atom stereocenters. The van der Waals surface area contributed by atoms with E-state index in [2.05, 4.69) is 0 Å². The van der Waals surface area contributed by atoms with Gasteiger partial charge in [-0.2, -0.15) is 0 Å². The molecule has 2 radical (unpaired) electrons. The number of alkyl halides is 1. The van der Waals surface area contributed by atoms with Crippen LogP contribution in [-0.2, 0) is 4.74 Å². The lowest BCUT2D eigenvalue weighted by Crippen LogP contribution is -2.21. The van der Waals surface area contributed by atoms with E-state index in [1.165, 1.54) is 0 Å². The maximum atomic E-state index is 12.8. The molecule has 1 saturated heterocycles. The fourth-order valence-corrected chi connectivity index (χ4v) is 1.11. The van der Waals surface area contributed by atoms with E-state index in [4.69, 9.17) is 16.8 Å². The Morgan fingerprint density at radius 2 is 2.30 bits per heavy atom. The second kappa shape index (κ2) is 2.84. The van der Waals surface area contributed by atoms with E-state index in [0.29, 0.717) is 0 Å². The van der Waals surface area contributed by atoms with Gasteiger partial charge in [0.2, 0.25) is 0 Å². The molecule has 2 nitrogen and oxygen atoms in total. The highest BCUT2D eigenvalue weighted by molar-refractivity contribution is 4.89. The van der Waals surface area contributed by atoms with E-state index in [9.17, 15) is 4.39 Å². The summed E-state index contributed by atoms with van der Waals surface area (Å²) in [5.41, 5.74) is 0. The second-order valence-corrected chi connectivity index (χ2v) is 2.63. The van der Waals surface area contributed by atoms with Crippen LogP contribution in [0.5, 0.6) is 0 Å². The number of ether oxygens (including phenoxy) is 1. The first kappa shape index (κ1) is 7.95. The van der Waals surface area contributed by atoms with E-state index in [-0.39, 0.29) is 12.5 Å². The monoisotopic (exact) mass is 146 g/mol. The molecule has 0 aliphatic carbocycles. The molecular weight excluding hydrogens is 135 g/mol. The Bertz CT molecular complexity index is 118. The van der Waals surface area contributed by atoms with Crippen LogP contribution in [-0.4, -0.2) is 30.1 Å². The third-order valence-electron chi connectivity index (χ3n) is 1.91. The maximum Gasteiger partial charge on any atom is 0.132 e. The Morgan fingerprint density at radius 1 is 1.70 bits per heavy atom. The summed E-state index contributed by atoms with van der Waals surface area (Å²) in [4.78, 5) is 0. The molecule has 4 atom stereocenters. The van der Waals surface area contributed by atoms with Gasteiger partial charge >= 0.3 is 0 Å². The van der Waals surface area contributed by atoms with E-state index in [1.807, 2.05) is 0 Å². The summed E-state index contributed by atoms with van der Waals surface area (Å²) < 4.78 is 17.7. The summed E-state index contributed by atoms with van der Waals surface area (Å²) in [5, 5.41) is 8.62. The third kappa shape index (κ3) is 1.16. The lowest BCUT2D eigenvalue weighted by atomic mass is 10.0. The molecule has 1 aliphatic heterocycles. The van der Waals surface area contributed by atoms with Crippen LogP contribution in [0, 0.1) is 12.8 Å². The van der Waals surface area contributed by atoms with Gasteiger partial charge in [-0.15, -0.1) is 0 Å². The highest BCUT2D eigenvalue weighted by atomic mass is 19.1. The predicted molar refractivity (Wildman–Crippen MR) is 34.1 cm³/mol. The molecular formula is C7H11FO2. The van der Waals surface area contributed by atoms with Crippen molar-refractivity contribution in [2.75, 3.05) is 6.61 Å². The van der Waals surface area contributed by atoms with Gasteiger partial charge in [0.05, 0.1) is 18.8 Å². The molecule has 58 valence electrons. The van der Waals surface area contributed by atoms with Crippen molar-refractivity contribution in [2.24, 2.45) is 5.92 Å². The zero-order valence-electron chi connectivity index (χ0n) is 5.83. The third-order valence-corrected chi connectivity index (χ3v) is 1.91. The zero-order valence-corrected chi connectivity index (χ0v) is 5.83. The maximum absolute atomic E-state index is 12.8. The fourth-order valence-electron chi connectivity index (χ4n) is 1.11. The topological polar surface area (TPSA) is 29.5 Å². The lowest BCUT2D eigenvalue weighted by Gasteiger charge is -2.09. The predicted octanol–water partition coefficient (Wildman–Crippen LogP) is 0.431. The van der Waals surface area contributed by atoms with Crippen LogP contribution >= 0.6 is 0 Å². The second-order valence-electron chi connectivity index (χ2n) is 2.63. The molecule has 1 aliphatic rings. The van der Waals surface area contributed by atoms with E-state index in [1.54, 1.807) is 6.92 Å². The molecule has 10 heavy (non-hydrogen) atoms. The van der Waals surface area contributed by atoms with Crippen molar-refractivity contribution in [3.05, 3.63) is 6.92 Å². The van der Waals surface area contributed by atoms with Crippen LogP contribution in [0.15, 0.2) is 0 Å². The summed E-state index contributed by atoms with van der Waals surface area (Å²) >= 11 is 0. The summed E-state index contributed by atoms with van der Waals surface area (Å²) in [5.74, 6) is -0.292. The van der Waals surface area contributed by atoms with E-state index in [0.717, 1.165) is 0 Å². The molecule has 0 amide bonds. The van der Waals surface area contributed by atoms with Crippen LogP contribution in [0.2, 0.25) is 0 Å². The molecule has 0 spiro atoms. The zero-order chi connectivity index (χ0) is 7.72. The molecule has 0 saturated carbocycles. The summed E-state index contributed by atoms with van der Waals surface area (Å²) in [6.45, 7) is 6.75. The number of hydrogen-bond donors (Lipinski definition) is 1. The average molecular weight is 146 g/mol. The van der Waals surface area contributed by atoms with E-state index < -0.39 is 18.4 Å².